The minimum absolute atomic E-state index is 0.108. The quantitative estimate of drug-likeness (QED) is 0.846. The van der Waals surface area contributed by atoms with Crippen LogP contribution in [0.2, 0.25) is 0 Å². The third kappa shape index (κ3) is 3.97. The zero-order valence-corrected chi connectivity index (χ0v) is 15.5. The highest BCUT2D eigenvalue weighted by atomic mass is 16.5. The Morgan fingerprint density at radius 2 is 1.70 bits per heavy atom. The molecule has 7 heteroatoms. The molecule has 0 saturated carbocycles. The van der Waals surface area contributed by atoms with Crippen molar-refractivity contribution in [3.63, 3.8) is 0 Å². The molecule has 1 fully saturated rings. The summed E-state index contributed by atoms with van der Waals surface area (Å²) in [7, 11) is 4.64. The third-order valence-electron chi connectivity index (χ3n) is 4.49. The van der Waals surface area contributed by atoms with E-state index in [1.165, 1.54) is 0 Å². The number of nitrogens with one attached hydrogen (secondary N) is 1. The molecule has 2 amide bonds. The predicted molar refractivity (Wildman–Crippen MR) is 102 cm³/mol. The molecule has 1 aliphatic rings. The molecule has 1 N–H and O–H groups in total. The molecule has 0 spiro atoms. The van der Waals surface area contributed by atoms with Crippen LogP contribution in [0.5, 0.6) is 17.2 Å². The predicted octanol–water partition coefficient (Wildman–Crippen LogP) is 2.70. The van der Waals surface area contributed by atoms with Crippen molar-refractivity contribution in [3.8, 4) is 17.2 Å². The van der Waals surface area contributed by atoms with Crippen molar-refractivity contribution in [2.24, 2.45) is 5.92 Å². The number of para-hydroxylation sites is 2. The summed E-state index contributed by atoms with van der Waals surface area (Å²) in [5.74, 6) is 0.952. The van der Waals surface area contributed by atoms with Gasteiger partial charge in [-0.2, -0.15) is 0 Å². The molecule has 0 aromatic heterocycles. The summed E-state index contributed by atoms with van der Waals surface area (Å²) in [6.07, 6.45) is 0.144. The van der Waals surface area contributed by atoms with Crippen LogP contribution in [-0.2, 0) is 9.59 Å². The van der Waals surface area contributed by atoms with E-state index in [1.54, 1.807) is 50.5 Å². The Kier molecular flexibility index (Phi) is 5.49. The molecule has 1 saturated heterocycles. The molecule has 0 radical (unpaired) electrons. The number of hydrogen-bond acceptors (Lipinski definition) is 5. The second-order valence-corrected chi connectivity index (χ2v) is 6.17. The molecule has 2 aromatic carbocycles. The van der Waals surface area contributed by atoms with E-state index in [9.17, 15) is 9.59 Å². The lowest BCUT2D eigenvalue weighted by Crippen LogP contribution is -2.28. The number of amides is 2. The van der Waals surface area contributed by atoms with Crippen LogP contribution in [-0.4, -0.2) is 39.7 Å². The largest absolute Gasteiger partial charge is 0.497 e. The van der Waals surface area contributed by atoms with Crippen molar-refractivity contribution in [2.45, 2.75) is 6.42 Å². The van der Waals surface area contributed by atoms with E-state index in [-0.39, 0.29) is 18.2 Å². The molecule has 27 heavy (non-hydrogen) atoms. The molecule has 2 aromatic rings. The van der Waals surface area contributed by atoms with E-state index in [0.29, 0.717) is 35.2 Å². The fourth-order valence-corrected chi connectivity index (χ4v) is 3.09. The van der Waals surface area contributed by atoms with Crippen LogP contribution < -0.4 is 24.4 Å². The highest BCUT2D eigenvalue weighted by Crippen LogP contribution is 2.33. The maximum absolute atomic E-state index is 12.7. The summed E-state index contributed by atoms with van der Waals surface area (Å²) >= 11 is 0. The number of carbonyl (C=O) groups excluding carboxylic acids is 2. The normalized spacial score (nSPS) is 16.2. The fourth-order valence-electron chi connectivity index (χ4n) is 3.09. The Balaban J connectivity index is 1.74. The van der Waals surface area contributed by atoms with E-state index in [0.717, 1.165) is 0 Å². The maximum Gasteiger partial charge on any atom is 0.229 e. The summed E-state index contributed by atoms with van der Waals surface area (Å²) in [6, 6.07) is 12.4. The SMILES string of the molecule is COc1cc(NC(=O)[C@@H]2CC(=O)N(c3ccccc3OC)C2)cc(OC)c1. The molecule has 0 aliphatic carbocycles. The Hall–Kier alpha value is -3.22. The third-order valence-corrected chi connectivity index (χ3v) is 4.49. The molecule has 1 aliphatic heterocycles. The lowest BCUT2D eigenvalue weighted by Gasteiger charge is -2.19. The second-order valence-electron chi connectivity index (χ2n) is 6.17. The summed E-state index contributed by atoms with van der Waals surface area (Å²) in [5, 5.41) is 2.85. The van der Waals surface area contributed by atoms with Gasteiger partial charge in [0.1, 0.15) is 17.2 Å². The van der Waals surface area contributed by atoms with Crippen LogP contribution in [0, 0.1) is 5.92 Å². The highest BCUT2D eigenvalue weighted by Gasteiger charge is 2.36. The number of hydrogen-bond donors (Lipinski definition) is 1. The van der Waals surface area contributed by atoms with Gasteiger partial charge in [0.15, 0.2) is 0 Å². The zero-order valence-electron chi connectivity index (χ0n) is 15.5. The van der Waals surface area contributed by atoms with Gasteiger partial charge in [-0.25, -0.2) is 0 Å². The second kappa shape index (κ2) is 7.99. The Labute approximate surface area is 157 Å². The van der Waals surface area contributed by atoms with E-state index in [2.05, 4.69) is 5.32 Å². The minimum atomic E-state index is -0.459. The van der Waals surface area contributed by atoms with Gasteiger partial charge in [0, 0.05) is 36.9 Å². The zero-order chi connectivity index (χ0) is 19.4. The highest BCUT2D eigenvalue weighted by molar-refractivity contribution is 6.04. The monoisotopic (exact) mass is 370 g/mol. The van der Waals surface area contributed by atoms with Crippen LogP contribution in [0.1, 0.15) is 6.42 Å². The molecule has 1 heterocycles. The molecular formula is C20H22N2O5. The molecule has 7 nitrogen and oxygen atoms in total. The van der Waals surface area contributed by atoms with Crippen molar-refractivity contribution < 1.29 is 23.8 Å². The van der Waals surface area contributed by atoms with Crippen molar-refractivity contribution in [3.05, 3.63) is 42.5 Å². The van der Waals surface area contributed by atoms with Crippen LogP contribution in [0.15, 0.2) is 42.5 Å². The number of nitrogens with zero attached hydrogens (tertiary/aromatic N) is 1. The van der Waals surface area contributed by atoms with E-state index < -0.39 is 5.92 Å². The molecule has 1 atom stereocenters. The molecule has 142 valence electrons. The topological polar surface area (TPSA) is 77.1 Å². The number of methoxy groups -OCH3 is 3. The van der Waals surface area contributed by atoms with Gasteiger partial charge in [-0.1, -0.05) is 12.1 Å². The van der Waals surface area contributed by atoms with Crippen LogP contribution in [0.3, 0.4) is 0 Å². The number of anilines is 2. The molecular weight excluding hydrogens is 348 g/mol. The summed E-state index contributed by atoms with van der Waals surface area (Å²) in [5.41, 5.74) is 1.22. The average molecular weight is 370 g/mol. The smallest absolute Gasteiger partial charge is 0.229 e. The summed E-state index contributed by atoms with van der Waals surface area (Å²) in [4.78, 5) is 26.7. The van der Waals surface area contributed by atoms with Gasteiger partial charge in [0.25, 0.3) is 0 Å². The van der Waals surface area contributed by atoms with Crippen molar-refractivity contribution in [2.75, 3.05) is 38.1 Å². The Morgan fingerprint density at radius 1 is 1.04 bits per heavy atom. The summed E-state index contributed by atoms with van der Waals surface area (Å²) < 4.78 is 15.8. The van der Waals surface area contributed by atoms with Crippen molar-refractivity contribution in [1.29, 1.82) is 0 Å². The molecule has 0 unspecified atom stereocenters. The van der Waals surface area contributed by atoms with E-state index >= 15 is 0 Å². The Morgan fingerprint density at radius 3 is 2.33 bits per heavy atom. The minimum Gasteiger partial charge on any atom is -0.497 e. The first-order chi connectivity index (χ1) is 13.0. The van der Waals surface area contributed by atoms with Crippen LogP contribution >= 0.6 is 0 Å². The standard InChI is InChI=1S/C20H22N2O5/c1-25-15-9-14(10-16(11-15)26-2)21-20(24)13-8-19(23)22(12-13)17-6-4-5-7-18(17)27-3/h4-7,9-11,13H,8,12H2,1-3H3,(H,21,24)/t13-/m1/s1. The fraction of sp³-hybridized carbons (Fsp3) is 0.300. The van der Waals surface area contributed by atoms with Gasteiger partial charge in [0.2, 0.25) is 11.8 Å². The van der Waals surface area contributed by atoms with Crippen molar-refractivity contribution in [1.82, 2.24) is 0 Å². The first-order valence-corrected chi connectivity index (χ1v) is 8.53. The molecule has 3 rings (SSSR count). The van der Waals surface area contributed by atoms with Gasteiger partial charge in [0.05, 0.1) is 32.9 Å². The number of carbonyl (C=O) groups is 2. The Bertz CT molecular complexity index is 830. The number of rotatable bonds is 6. The van der Waals surface area contributed by atoms with Gasteiger partial charge in [-0.05, 0) is 12.1 Å². The van der Waals surface area contributed by atoms with Gasteiger partial charge in [-0.3, -0.25) is 9.59 Å². The average Bonchev–Trinajstić information content (AvgIpc) is 3.09. The van der Waals surface area contributed by atoms with Crippen LogP contribution in [0.25, 0.3) is 0 Å². The first kappa shape index (κ1) is 18.6. The van der Waals surface area contributed by atoms with Gasteiger partial charge >= 0.3 is 0 Å². The number of benzene rings is 2. The lowest BCUT2D eigenvalue weighted by molar-refractivity contribution is -0.122. The van der Waals surface area contributed by atoms with E-state index in [1.807, 2.05) is 18.2 Å². The number of ether oxygens (including phenoxy) is 3. The molecule has 0 bridgehead atoms. The van der Waals surface area contributed by atoms with Crippen LogP contribution in [0.4, 0.5) is 11.4 Å². The van der Waals surface area contributed by atoms with E-state index in [4.69, 9.17) is 14.2 Å². The lowest BCUT2D eigenvalue weighted by atomic mass is 10.1. The first-order valence-electron chi connectivity index (χ1n) is 8.53. The summed E-state index contributed by atoms with van der Waals surface area (Å²) in [6.45, 7) is 0.298. The van der Waals surface area contributed by atoms with Gasteiger partial charge in [-0.15, -0.1) is 0 Å². The van der Waals surface area contributed by atoms with Crippen molar-refractivity contribution >= 4 is 23.2 Å². The maximum atomic E-state index is 12.7. The van der Waals surface area contributed by atoms with Gasteiger partial charge < -0.3 is 24.4 Å².